The molecule has 0 aromatic heterocycles. The van der Waals surface area contributed by atoms with Gasteiger partial charge in [0.05, 0.1) is 0 Å². The SMILES string of the molecule is CCCCSc1ccc(NC(=O)C(OCC)P(=S)(S)CC)cc1. The normalized spacial score (nSPS) is 15.0. The van der Waals surface area contributed by atoms with Crippen LogP contribution in [0.3, 0.4) is 0 Å². The Morgan fingerprint density at radius 1 is 1.35 bits per heavy atom. The van der Waals surface area contributed by atoms with Crippen molar-refractivity contribution in [2.75, 3.05) is 23.8 Å². The number of unbranched alkanes of at least 4 members (excludes halogenated alkanes) is 1. The molecule has 0 spiro atoms. The highest BCUT2D eigenvalue weighted by Gasteiger charge is 2.30. The van der Waals surface area contributed by atoms with E-state index in [1.165, 1.54) is 17.7 Å². The van der Waals surface area contributed by atoms with Crippen LogP contribution in [-0.2, 0) is 21.3 Å². The monoisotopic (exact) mass is 391 g/mol. The number of hydrogen-bond acceptors (Lipinski definition) is 4. The van der Waals surface area contributed by atoms with Crippen LogP contribution >= 0.6 is 29.3 Å². The summed E-state index contributed by atoms with van der Waals surface area (Å²) in [6.07, 6.45) is 3.09. The van der Waals surface area contributed by atoms with Crippen molar-refractivity contribution in [2.45, 2.75) is 44.4 Å². The molecule has 0 bridgehead atoms. The molecule has 1 N–H and O–H groups in total. The predicted octanol–water partition coefficient (Wildman–Crippen LogP) is 5.22. The van der Waals surface area contributed by atoms with Gasteiger partial charge in [0.25, 0.3) is 5.91 Å². The Hall–Kier alpha value is 0. The molecule has 130 valence electrons. The van der Waals surface area contributed by atoms with E-state index in [9.17, 15) is 4.79 Å². The molecular weight excluding hydrogens is 365 g/mol. The van der Waals surface area contributed by atoms with Crippen LogP contribution in [-0.4, -0.2) is 30.3 Å². The molecular formula is C16H26NO2PS3. The first-order chi connectivity index (χ1) is 10.9. The number of ether oxygens (including phenoxy) is 1. The van der Waals surface area contributed by atoms with Gasteiger partial charge in [-0.1, -0.05) is 32.1 Å². The molecule has 0 aliphatic heterocycles. The number of carbonyl (C=O) groups is 1. The van der Waals surface area contributed by atoms with E-state index < -0.39 is 11.1 Å². The fourth-order valence-corrected chi connectivity index (χ4v) is 5.00. The number of nitrogens with one attached hydrogen (secondary N) is 1. The molecule has 0 saturated heterocycles. The fraction of sp³-hybridized carbons (Fsp3) is 0.562. The van der Waals surface area contributed by atoms with E-state index in [0.717, 1.165) is 11.4 Å². The lowest BCUT2D eigenvalue weighted by molar-refractivity contribution is -0.122. The molecule has 1 rings (SSSR count). The maximum atomic E-state index is 12.5. The number of anilines is 1. The van der Waals surface area contributed by atoms with Crippen molar-refractivity contribution < 1.29 is 9.53 Å². The van der Waals surface area contributed by atoms with Gasteiger partial charge >= 0.3 is 0 Å². The van der Waals surface area contributed by atoms with E-state index in [1.54, 1.807) is 0 Å². The van der Waals surface area contributed by atoms with Crippen molar-refractivity contribution in [3.63, 3.8) is 0 Å². The van der Waals surface area contributed by atoms with Crippen LogP contribution < -0.4 is 5.32 Å². The number of hydrogen-bond donors (Lipinski definition) is 2. The second-order valence-corrected chi connectivity index (χ2v) is 13.8. The van der Waals surface area contributed by atoms with Gasteiger partial charge in [0, 0.05) is 22.4 Å². The standard InChI is InChI=1S/C16H26NO2PS3/c1-4-7-12-23-14-10-8-13(9-11-14)17-15(18)16(19-5-2)20(21,22)6-3/h8-11,16H,4-7,12H2,1-3H3,(H,17,18)(H,21,22). The van der Waals surface area contributed by atoms with Crippen molar-refractivity contribution in [1.29, 1.82) is 0 Å². The zero-order chi connectivity index (χ0) is 17.3. The smallest absolute Gasteiger partial charge is 0.259 e. The largest absolute Gasteiger partial charge is 0.362 e. The average molecular weight is 392 g/mol. The van der Waals surface area contributed by atoms with Crippen molar-refractivity contribution in [3.8, 4) is 0 Å². The van der Waals surface area contributed by atoms with Crippen LogP contribution in [0.5, 0.6) is 0 Å². The summed E-state index contributed by atoms with van der Waals surface area (Å²) in [5, 5.41) is 0.769. The third kappa shape index (κ3) is 7.18. The number of carbonyl (C=O) groups excluding carboxylic acids is 1. The highest BCUT2D eigenvalue weighted by atomic mass is 32.9. The zero-order valence-electron chi connectivity index (χ0n) is 13.9. The molecule has 0 fully saturated rings. The third-order valence-corrected chi connectivity index (χ3v) is 9.20. The highest BCUT2D eigenvalue weighted by molar-refractivity contribution is 8.63. The van der Waals surface area contributed by atoms with Gasteiger partial charge in [-0.15, -0.1) is 24.0 Å². The molecule has 7 heteroatoms. The van der Waals surface area contributed by atoms with E-state index >= 15 is 0 Å². The Labute approximate surface area is 154 Å². The minimum Gasteiger partial charge on any atom is -0.362 e. The zero-order valence-corrected chi connectivity index (χ0v) is 17.4. The third-order valence-electron chi connectivity index (χ3n) is 3.26. The molecule has 3 nitrogen and oxygen atoms in total. The first-order valence-corrected chi connectivity index (χ1v) is 13.1. The lowest BCUT2D eigenvalue weighted by atomic mass is 10.3. The predicted molar refractivity (Wildman–Crippen MR) is 110 cm³/mol. The Kier molecular flexibility index (Phi) is 9.86. The van der Waals surface area contributed by atoms with Crippen LogP contribution in [0.2, 0.25) is 0 Å². The van der Waals surface area contributed by atoms with Crippen molar-refractivity contribution in [2.24, 2.45) is 0 Å². The summed E-state index contributed by atoms with van der Waals surface area (Å²) >= 11 is 11.8. The Morgan fingerprint density at radius 3 is 2.52 bits per heavy atom. The van der Waals surface area contributed by atoms with Crippen molar-refractivity contribution >= 4 is 52.7 Å². The molecule has 0 saturated carbocycles. The summed E-state index contributed by atoms with van der Waals surface area (Å²) < 4.78 is 5.57. The van der Waals surface area contributed by atoms with Gasteiger partial charge in [0.15, 0.2) is 5.85 Å². The Morgan fingerprint density at radius 2 is 2.00 bits per heavy atom. The summed E-state index contributed by atoms with van der Waals surface area (Å²) in [7, 11) is 0. The minimum atomic E-state index is -2.13. The average Bonchev–Trinajstić information content (AvgIpc) is 2.54. The highest BCUT2D eigenvalue weighted by Crippen LogP contribution is 2.56. The van der Waals surface area contributed by atoms with Gasteiger partial charge in [-0.3, -0.25) is 4.79 Å². The second kappa shape index (κ2) is 10.8. The maximum Gasteiger partial charge on any atom is 0.259 e. The fourth-order valence-electron chi connectivity index (χ4n) is 1.87. The first-order valence-electron chi connectivity index (χ1n) is 7.91. The van der Waals surface area contributed by atoms with Crippen LogP contribution in [0, 0.1) is 0 Å². The van der Waals surface area contributed by atoms with E-state index in [-0.39, 0.29) is 5.91 Å². The lowest BCUT2D eigenvalue weighted by Gasteiger charge is -2.24. The molecule has 1 amide bonds. The van der Waals surface area contributed by atoms with Crippen molar-refractivity contribution in [3.05, 3.63) is 24.3 Å². The van der Waals surface area contributed by atoms with E-state index in [4.69, 9.17) is 16.5 Å². The quantitative estimate of drug-likeness (QED) is 0.248. The van der Waals surface area contributed by atoms with Crippen LogP contribution in [0.15, 0.2) is 29.2 Å². The lowest BCUT2D eigenvalue weighted by Crippen LogP contribution is -2.30. The Balaban J connectivity index is 2.69. The minimum absolute atomic E-state index is 0.196. The van der Waals surface area contributed by atoms with Gasteiger partial charge in [-0.05, 0) is 49.5 Å². The van der Waals surface area contributed by atoms with Gasteiger partial charge < -0.3 is 10.1 Å². The second-order valence-electron chi connectivity index (χ2n) is 5.10. The van der Waals surface area contributed by atoms with Gasteiger partial charge in [-0.25, -0.2) is 0 Å². The molecule has 0 aliphatic rings. The van der Waals surface area contributed by atoms with Crippen molar-refractivity contribution in [1.82, 2.24) is 0 Å². The van der Waals surface area contributed by atoms with Gasteiger partial charge in [0.2, 0.25) is 0 Å². The van der Waals surface area contributed by atoms with Crippen LogP contribution in [0.25, 0.3) is 0 Å². The molecule has 23 heavy (non-hydrogen) atoms. The van der Waals surface area contributed by atoms with E-state index in [2.05, 4.69) is 24.5 Å². The number of amides is 1. The maximum absolute atomic E-state index is 12.5. The topological polar surface area (TPSA) is 38.3 Å². The number of thiol groups is 1. The molecule has 2 unspecified atom stereocenters. The number of benzene rings is 1. The van der Waals surface area contributed by atoms with E-state index in [1.807, 2.05) is 49.9 Å². The number of thioether (sulfide) groups is 1. The Bertz CT molecular complexity index is 537. The van der Waals surface area contributed by atoms with Gasteiger partial charge in [-0.2, -0.15) is 0 Å². The van der Waals surface area contributed by atoms with E-state index in [0.29, 0.717) is 12.8 Å². The summed E-state index contributed by atoms with van der Waals surface area (Å²) in [4.78, 5) is 13.7. The van der Waals surface area contributed by atoms with Gasteiger partial charge in [0.1, 0.15) is 0 Å². The summed E-state index contributed by atoms with van der Waals surface area (Å²) in [6.45, 7) is 6.45. The first kappa shape index (κ1) is 21.0. The summed E-state index contributed by atoms with van der Waals surface area (Å²) in [6, 6.07) is 7.90. The molecule has 0 radical (unpaired) electrons. The molecule has 0 aliphatic carbocycles. The summed E-state index contributed by atoms with van der Waals surface area (Å²) in [5.41, 5.74) is 0.763. The van der Waals surface area contributed by atoms with Crippen LogP contribution in [0.4, 0.5) is 5.69 Å². The molecule has 1 aromatic carbocycles. The molecule has 1 aromatic rings. The molecule has 0 heterocycles. The summed E-state index contributed by atoms with van der Waals surface area (Å²) in [5.74, 6) is 0.279. The molecule has 2 atom stereocenters. The number of rotatable bonds is 10. The van der Waals surface area contributed by atoms with Crippen LogP contribution in [0.1, 0.15) is 33.6 Å².